The number of amides is 2. The molecule has 3 aromatic heterocycles. The van der Waals surface area contributed by atoms with E-state index in [2.05, 4.69) is 109 Å². The number of rotatable bonds is 17. The summed E-state index contributed by atoms with van der Waals surface area (Å²) in [5.41, 5.74) is 13.7. The minimum absolute atomic E-state index is 0.0182. The van der Waals surface area contributed by atoms with Crippen molar-refractivity contribution in [1.29, 1.82) is 0 Å². The van der Waals surface area contributed by atoms with Gasteiger partial charge in [-0.05, 0) is 179 Å². The van der Waals surface area contributed by atoms with Crippen LogP contribution >= 0.6 is 0 Å². The number of hydrogen-bond acceptors (Lipinski definition) is 8. The predicted molar refractivity (Wildman–Crippen MR) is 343 cm³/mol. The van der Waals surface area contributed by atoms with E-state index in [0.717, 1.165) is 112 Å². The van der Waals surface area contributed by atoms with Gasteiger partial charge in [0.1, 0.15) is 0 Å². The first-order valence-electron chi connectivity index (χ1n) is 30.3. The normalized spacial score (nSPS) is 15.9. The number of aryl methyl sites for hydroxylation is 1. The van der Waals surface area contributed by atoms with Crippen molar-refractivity contribution >= 4 is 67.3 Å². The summed E-state index contributed by atoms with van der Waals surface area (Å²) in [6, 6.07) is 56.0. The van der Waals surface area contributed by atoms with Gasteiger partial charge in [-0.3, -0.25) is 24.4 Å². The molecule has 2 saturated heterocycles. The summed E-state index contributed by atoms with van der Waals surface area (Å²) in [5.74, 6) is 0.119. The second kappa shape index (κ2) is 25.4. The molecular weight excluding hydrogens is 1050 g/mol. The van der Waals surface area contributed by atoms with Gasteiger partial charge in [0.15, 0.2) is 11.8 Å². The number of aromatic hydroxyl groups is 2. The molecule has 0 unspecified atom stereocenters. The van der Waals surface area contributed by atoms with Gasteiger partial charge in [-0.25, -0.2) is 4.99 Å². The number of benzene rings is 7. The highest BCUT2D eigenvalue weighted by Gasteiger charge is 2.33. The first kappa shape index (κ1) is 56.4. The van der Waals surface area contributed by atoms with E-state index in [9.17, 15) is 19.8 Å². The Labute approximate surface area is 497 Å². The lowest BCUT2D eigenvalue weighted by Gasteiger charge is -2.26. The number of carbonyl (C=O) groups is 2. The van der Waals surface area contributed by atoms with Gasteiger partial charge < -0.3 is 35.4 Å². The van der Waals surface area contributed by atoms with Crippen molar-refractivity contribution in [3.63, 3.8) is 0 Å². The van der Waals surface area contributed by atoms with Crippen molar-refractivity contribution in [2.24, 2.45) is 23.0 Å². The predicted octanol–water partition coefficient (Wildman–Crippen LogP) is 14.9. The summed E-state index contributed by atoms with van der Waals surface area (Å²) in [6.45, 7) is 10.5. The molecule has 13 heteroatoms. The average Bonchev–Trinajstić information content (AvgIpc) is 2.12. The number of fused-ring (bicyclic) bond motifs is 3. The van der Waals surface area contributed by atoms with Crippen LogP contribution < -0.4 is 10.6 Å². The van der Waals surface area contributed by atoms with E-state index in [-0.39, 0.29) is 35.7 Å². The fourth-order valence-corrected chi connectivity index (χ4v) is 12.2. The van der Waals surface area contributed by atoms with E-state index in [4.69, 9.17) is 9.98 Å². The van der Waals surface area contributed by atoms with Crippen LogP contribution in [-0.2, 0) is 20.1 Å². The van der Waals surface area contributed by atoms with Gasteiger partial charge in [0.2, 0.25) is 0 Å². The molecule has 432 valence electrons. The zero-order chi connectivity index (χ0) is 58.4. The summed E-state index contributed by atoms with van der Waals surface area (Å²) in [4.78, 5) is 48.3. The molecule has 85 heavy (non-hydrogen) atoms. The maximum absolute atomic E-state index is 13.6. The highest BCUT2D eigenvalue weighted by molar-refractivity contribution is 6.23. The number of nitrogens with zero attached hydrogens (tertiary/aromatic N) is 5. The molecular formula is C72H75N9O4. The summed E-state index contributed by atoms with van der Waals surface area (Å²) < 4.78 is 2.09. The van der Waals surface area contributed by atoms with Crippen LogP contribution in [0.2, 0.25) is 0 Å². The number of aromatic nitrogens is 3. The monoisotopic (exact) mass is 1130 g/mol. The number of H-pyrrole nitrogens is 2. The third kappa shape index (κ3) is 13.0. The number of nitrogens with one attached hydrogen (secondary N) is 4. The number of aliphatic imine (C=N–C) groups is 2. The van der Waals surface area contributed by atoms with Crippen LogP contribution in [0.1, 0.15) is 137 Å². The van der Waals surface area contributed by atoms with Gasteiger partial charge in [-0.15, -0.1) is 0 Å². The van der Waals surface area contributed by atoms with Crippen molar-refractivity contribution in [3.8, 4) is 11.8 Å². The first-order chi connectivity index (χ1) is 41.5. The molecule has 6 N–H and O–H groups in total. The van der Waals surface area contributed by atoms with Gasteiger partial charge in [-0.1, -0.05) is 104 Å². The van der Waals surface area contributed by atoms with Crippen molar-refractivity contribution in [3.05, 3.63) is 226 Å². The van der Waals surface area contributed by atoms with Crippen LogP contribution in [0.5, 0.6) is 11.8 Å². The number of aromatic amines is 2. The van der Waals surface area contributed by atoms with Gasteiger partial charge in [0.25, 0.3) is 11.8 Å². The van der Waals surface area contributed by atoms with E-state index in [1.54, 1.807) is 12.1 Å². The molecule has 3 fully saturated rings. The fourth-order valence-electron chi connectivity index (χ4n) is 12.2. The molecule has 13 rings (SSSR count). The molecule has 2 atom stereocenters. The second-order valence-electron chi connectivity index (χ2n) is 23.3. The maximum Gasteiger partial charge on any atom is 0.251 e. The molecule has 2 amide bonds. The second-order valence-corrected chi connectivity index (χ2v) is 23.3. The molecule has 0 bridgehead atoms. The molecule has 3 aliphatic rings. The summed E-state index contributed by atoms with van der Waals surface area (Å²) in [6.07, 6.45) is 11.3. The molecule has 1 aliphatic carbocycles. The van der Waals surface area contributed by atoms with Gasteiger partial charge in [0, 0.05) is 81.7 Å². The number of carbonyl (C=O) groups excluding carboxylic acids is 2. The molecule has 7 aromatic carbocycles. The number of likely N-dealkylation sites (tertiary alicyclic amines) is 2. The topological polar surface area (TPSA) is 166 Å². The van der Waals surface area contributed by atoms with E-state index < -0.39 is 0 Å². The van der Waals surface area contributed by atoms with Crippen LogP contribution in [0.15, 0.2) is 186 Å². The quantitative estimate of drug-likeness (QED) is 0.0497. The lowest BCUT2D eigenvalue weighted by atomic mass is 9.98. The number of piperidine rings is 1. The molecule has 10 aromatic rings. The van der Waals surface area contributed by atoms with Crippen molar-refractivity contribution in [2.75, 3.05) is 26.2 Å². The fraction of sp³-hybridized carbons (Fsp3) is 0.278. The molecule has 0 spiro atoms. The Morgan fingerprint density at radius 2 is 1.16 bits per heavy atom. The zero-order valence-electron chi connectivity index (χ0n) is 48.8. The smallest absolute Gasteiger partial charge is 0.251 e. The summed E-state index contributed by atoms with van der Waals surface area (Å²) >= 11 is 0. The van der Waals surface area contributed by atoms with Crippen LogP contribution in [-0.4, -0.2) is 84.0 Å². The average molecular weight is 1130 g/mol. The zero-order valence-corrected chi connectivity index (χ0v) is 48.8. The Morgan fingerprint density at radius 3 is 1.81 bits per heavy atom. The largest absolute Gasteiger partial charge is 0.494 e. The molecule has 13 nitrogen and oxygen atoms in total. The van der Waals surface area contributed by atoms with Crippen molar-refractivity contribution in [1.82, 2.24) is 35.0 Å². The Morgan fingerprint density at radius 1 is 0.576 bits per heavy atom. The van der Waals surface area contributed by atoms with E-state index in [1.165, 1.54) is 56.3 Å². The van der Waals surface area contributed by atoms with Crippen LogP contribution in [0.3, 0.4) is 0 Å². The number of hydrogen-bond donors (Lipinski definition) is 6. The van der Waals surface area contributed by atoms with E-state index >= 15 is 0 Å². The minimum Gasteiger partial charge on any atom is -0.494 e. The Balaban J connectivity index is 0.000000171. The summed E-state index contributed by atoms with van der Waals surface area (Å²) in [7, 11) is 2.03. The summed E-state index contributed by atoms with van der Waals surface area (Å²) in [5, 5.41) is 31.3. The molecule has 2 aliphatic heterocycles. The van der Waals surface area contributed by atoms with E-state index in [0.29, 0.717) is 33.9 Å². The molecule has 0 radical (unpaired) electrons. The lowest BCUT2D eigenvalue weighted by molar-refractivity contribution is 0.0929. The van der Waals surface area contributed by atoms with Crippen LogP contribution in [0.4, 0.5) is 11.4 Å². The van der Waals surface area contributed by atoms with Crippen molar-refractivity contribution in [2.45, 2.75) is 90.4 Å². The third-order valence-electron chi connectivity index (χ3n) is 17.1. The highest BCUT2D eigenvalue weighted by Crippen LogP contribution is 2.41. The SMILES string of the molecule is CC[C@@H](NC(=O)c1ccc2[nH]c(O)c(C(=Nc3cccc(CN4CCCCC4)c3)c3ccc4c(ccn4C)c3)c2c1)c1ccccc1.C[C@@H](NC(=O)c1ccc2[nH]c(O)c(C(=Nc3ccc(CN4CCCC4)cc3)C3CC3)c2c1)c1ccccc1. The minimum atomic E-state index is -0.163. The van der Waals surface area contributed by atoms with E-state index in [1.807, 2.05) is 111 Å². The molecule has 5 heterocycles. The Hall–Kier alpha value is -9.04. The van der Waals surface area contributed by atoms with Gasteiger partial charge >= 0.3 is 0 Å². The highest BCUT2D eigenvalue weighted by atomic mass is 16.3. The lowest BCUT2D eigenvalue weighted by Crippen LogP contribution is -2.28. The standard InChI is InChI=1S/C40H41N5O2.C32H34N4O2/c1-3-34(28-12-6-4-7-13-28)42-39(46)31-15-17-35-33(25-31)37(40(47)43-35)38(30-16-18-36-29(24-30)19-22-44(36)2)41-32-14-10-11-27(23-32)26-45-20-8-5-9-21-45;1-21(23-7-3-2-4-8-23)33-31(37)25-13-16-28-27(19-25)29(32(38)35-28)30(24-11-12-24)34-26-14-9-22(10-15-26)20-36-17-5-6-18-36/h4,6-7,10-19,22-25,34,43,47H,3,5,8-9,20-21,26H2,1-2H3,(H,42,46);2-4,7-10,13-16,19,21,24,35,38H,5-6,11-12,17-18,20H2,1H3,(H,33,37)/t34-;21-/m11/s1. The van der Waals surface area contributed by atoms with Crippen LogP contribution in [0.25, 0.3) is 32.7 Å². The first-order valence-corrected chi connectivity index (χ1v) is 30.3. The maximum atomic E-state index is 13.6. The molecule has 1 saturated carbocycles. The Bertz CT molecular complexity index is 4050. The van der Waals surface area contributed by atoms with Gasteiger partial charge in [0.05, 0.1) is 46.0 Å². The van der Waals surface area contributed by atoms with Gasteiger partial charge in [-0.2, -0.15) is 0 Å². The Kier molecular flexibility index (Phi) is 16.9. The third-order valence-corrected chi connectivity index (χ3v) is 17.1. The van der Waals surface area contributed by atoms with Crippen molar-refractivity contribution < 1.29 is 19.8 Å². The van der Waals surface area contributed by atoms with Crippen LogP contribution in [0, 0.1) is 5.92 Å².